The molecule has 0 unspecified atom stereocenters. The van der Waals surface area contributed by atoms with Gasteiger partial charge in [-0.1, -0.05) is 6.07 Å². The Morgan fingerprint density at radius 2 is 1.80 bits per heavy atom. The summed E-state index contributed by atoms with van der Waals surface area (Å²) >= 11 is 0. The van der Waals surface area contributed by atoms with Gasteiger partial charge in [0.15, 0.2) is 23.0 Å². The number of ether oxygens (including phenoxy) is 4. The van der Waals surface area contributed by atoms with Crippen LogP contribution in [0.1, 0.15) is 11.1 Å². The molecule has 4 rings (SSSR count). The van der Waals surface area contributed by atoms with Gasteiger partial charge in [0, 0.05) is 11.6 Å². The zero-order chi connectivity index (χ0) is 20.9. The Balaban J connectivity index is 1.29. The molecule has 0 saturated carbocycles. The smallest absolute Gasteiger partial charge is 0.246 e. The number of rotatable bonds is 6. The van der Waals surface area contributed by atoms with Crippen LogP contribution in [0.5, 0.6) is 23.0 Å². The van der Waals surface area contributed by atoms with Gasteiger partial charge < -0.3 is 28.7 Å². The van der Waals surface area contributed by atoms with Crippen LogP contribution in [0.2, 0.25) is 0 Å². The predicted molar refractivity (Wildman–Crippen MR) is 112 cm³/mol. The molecule has 0 aliphatic carbocycles. The molecule has 0 aromatic heterocycles. The third kappa shape index (κ3) is 4.52. The number of amides is 1. The van der Waals surface area contributed by atoms with Gasteiger partial charge in [-0.15, -0.1) is 0 Å². The lowest BCUT2D eigenvalue weighted by Crippen LogP contribution is -3.13. The highest BCUT2D eigenvalue weighted by molar-refractivity contribution is 5.91. The fraction of sp³-hybridized carbons (Fsp3) is 0.348. The molecule has 2 heterocycles. The van der Waals surface area contributed by atoms with Crippen molar-refractivity contribution in [1.29, 1.82) is 0 Å². The Morgan fingerprint density at radius 3 is 2.57 bits per heavy atom. The first kappa shape index (κ1) is 20.1. The summed E-state index contributed by atoms with van der Waals surface area (Å²) in [6.45, 7) is 4.54. The average Bonchev–Trinajstić information content (AvgIpc) is 3.25. The van der Waals surface area contributed by atoms with Gasteiger partial charge in [-0.05, 0) is 42.0 Å². The van der Waals surface area contributed by atoms with Crippen LogP contribution in [0.4, 0.5) is 0 Å². The Labute approximate surface area is 176 Å². The highest BCUT2D eigenvalue weighted by atomic mass is 16.7. The first-order valence-electron chi connectivity index (χ1n) is 10.1. The maximum atomic E-state index is 12.6. The minimum atomic E-state index is 0.0342. The normalized spacial score (nSPS) is 16.1. The minimum absolute atomic E-state index is 0.0342. The summed E-state index contributed by atoms with van der Waals surface area (Å²) in [6, 6.07) is 11.7. The van der Waals surface area contributed by atoms with Gasteiger partial charge in [0.2, 0.25) is 12.7 Å². The summed E-state index contributed by atoms with van der Waals surface area (Å²) < 4.78 is 21.4. The number of fused-ring (bicyclic) bond motifs is 1. The Kier molecular flexibility index (Phi) is 6.09. The number of piperazine rings is 1. The van der Waals surface area contributed by atoms with Crippen molar-refractivity contribution in [3.63, 3.8) is 0 Å². The molecule has 0 bridgehead atoms. The molecule has 1 N–H and O–H groups in total. The van der Waals surface area contributed by atoms with Crippen LogP contribution in [0.25, 0.3) is 6.08 Å². The summed E-state index contributed by atoms with van der Waals surface area (Å²) in [4.78, 5) is 15.9. The monoisotopic (exact) mass is 411 g/mol. The molecule has 1 saturated heterocycles. The van der Waals surface area contributed by atoms with Crippen molar-refractivity contribution in [3.8, 4) is 23.0 Å². The van der Waals surface area contributed by atoms with Gasteiger partial charge in [-0.2, -0.15) is 0 Å². The van der Waals surface area contributed by atoms with Gasteiger partial charge in [0.05, 0.1) is 40.4 Å². The molecule has 2 aliphatic rings. The molecule has 1 fully saturated rings. The summed E-state index contributed by atoms with van der Waals surface area (Å²) in [6.07, 6.45) is 3.44. The minimum Gasteiger partial charge on any atom is -0.493 e. The maximum absolute atomic E-state index is 12.6. The van der Waals surface area contributed by atoms with Gasteiger partial charge in [-0.3, -0.25) is 4.79 Å². The SMILES string of the molecule is COc1ccc(/C=C/C(=O)N2CC[NH+](Cc3ccc4c(c3)OCO4)CC2)cc1OC. The number of hydrogen-bond donors (Lipinski definition) is 1. The second-order valence-electron chi connectivity index (χ2n) is 7.39. The molecule has 1 amide bonds. The van der Waals surface area contributed by atoms with Crippen LogP contribution >= 0.6 is 0 Å². The van der Waals surface area contributed by atoms with Crippen LogP contribution in [-0.2, 0) is 11.3 Å². The third-order valence-corrected chi connectivity index (χ3v) is 5.50. The lowest BCUT2D eigenvalue weighted by molar-refractivity contribution is -0.917. The fourth-order valence-electron chi connectivity index (χ4n) is 3.79. The molecule has 30 heavy (non-hydrogen) atoms. The number of benzene rings is 2. The van der Waals surface area contributed by atoms with Crippen molar-refractivity contribution in [3.05, 3.63) is 53.6 Å². The molecule has 2 aliphatic heterocycles. The van der Waals surface area contributed by atoms with Crippen LogP contribution < -0.4 is 23.8 Å². The molecule has 2 aromatic carbocycles. The van der Waals surface area contributed by atoms with E-state index in [1.807, 2.05) is 35.2 Å². The zero-order valence-electron chi connectivity index (χ0n) is 17.3. The summed E-state index contributed by atoms with van der Waals surface area (Å²) in [5, 5.41) is 0. The van der Waals surface area contributed by atoms with E-state index < -0.39 is 0 Å². The number of hydrogen-bond acceptors (Lipinski definition) is 5. The molecule has 158 valence electrons. The van der Waals surface area contributed by atoms with E-state index in [2.05, 4.69) is 12.1 Å². The van der Waals surface area contributed by atoms with E-state index in [0.717, 1.165) is 49.8 Å². The van der Waals surface area contributed by atoms with E-state index in [1.165, 1.54) is 10.5 Å². The van der Waals surface area contributed by atoms with E-state index in [0.29, 0.717) is 18.3 Å². The maximum Gasteiger partial charge on any atom is 0.246 e. The Morgan fingerprint density at radius 1 is 1.03 bits per heavy atom. The van der Waals surface area contributed by atoms with E-state index in [-0.39, 0.29) is 5.91 Å². The molecular formula is C23H27N2O5+. The summed E-state index contributed by atoms with van der Waals surface area (Å²) in [5.41, 5.74) is 2.12. The number of quaternary nitrogens is 1. The van der Waals surface area contributed by atoms with E-state index >= 15 is 0 Å². The molecule has 2 aromatic rings. The van der Waals surface area contributed by atoms with Gasteiger partial charge >= 0.3 is 0 Å². The van der Waals surface area contributed by atoms with Gasteiger partial charge in [0.1, 0.15) is 6.54 Å². The van der Waals surface area contributed by atoms with Crippen LogP contribution in [0.15, 0.2) is 42.5 Å². The van der Waals surface area contributed by atoms with Crippen molar-refractivity contribution >= 4 is 12.0 Å². The molecule has 0 atom stereocenters. The molecule has 7 nitrogen and oxygen atoms in total. The largest absolute Gasteiger partial charge is 0.493 e. The summed E-state index contributed by atoms with van der Waals surface area (Å²) in [7, 11) is 3.20. The number of nitrogens with one attached hydrogen (secondary N) is 1. The standard InChI is InChI=1S/C23H26N2O5/c1-27-19-6-3-17(13-21(19)28-2)5-8-23(26)25-11-9-24(10-12-25)15-18-4-7-20-22(14-18)30-16-29-20/h3-8,13-14H,9-12,15-16H2,1-2H3/p+1/b8-5+. The number of carbonyl (C=O) groups excluding carboxylic acids is 1. The van der Waals surface area contributed by atoms with Crippen LogP contribution in [0.3, 0.4) is 0 Å². The lowest BCUT2D eigenvalue weighted by Gasteiger charge is -2.31. The zero-order valence-corrected chi connectivity index (χ0v) is 17.3. The molecule has 0 spiro atoms. The summed E-state index contributed by atoms with van der Waals surface area (Å²) in [5.74, 6) is 2.98. The van der Waals surface area contributed by atoms with Crippen LogP contribution in [-0.4, -0.2) is 58.0 Å². The topological polar surface area (TPSA) is 61.7 Å². The quantitative estimate of drug-likeness (QED) is 0.728. The molecular weight excluding hydrogens is 384 g/mol. The van der Waals surface area contributed by atoms with Crippen molar-refractivity contribution in [2.75, 3.05) is 47.2 Å². The highest BCUT2D eigenvalue weighted by Gasteiger charge is 2.23. The number of methoxy groups -OCH3 is 2. The van der Waals surface area contributed by atoms with Gasteiger partial charge in [-0.25, -0.2) is 0 Å². The van der Waals surface area contributed by atoms with E-state index in [9.17, 15) is 4.79 Å². The van der Waals surface area contributed by atoms with Crippen molar-refractivity contribution < 1.29 is 28.6 Å². The van der Waals surface area contributed by atoms with Crippen molar-refractivity contribution in [2.45, 2.75) is 6.54 Å². The first-order valence-corrected chi connectivity index (χ1v) is 10.1. The highest BCUT2D eigenvalue weighted by Crippen LogP contribution is 2.32. The van der Waals surface area contributed by atoms with E-state index in [4.69, 9.17) is 18.9 Å². The molecule has 0 radical (unpaired) electrons. The predicted octanol–water partition coefficient (Wildman–Crippen LogP) is 1.37. The number of carbonyl (C=O) groups is 1. The van der Waals surface area contributed by atoms with Crippen molar-refractivity contribution in [1.82, 2.24) is 4.90 Å². The average molecular weight is 411 g/mol. The Bertz CT molecular complexity index is 935. The third-order valence-electron chi connectivity index (χ3n) is 5.50. The van der Waals surface area contributed by atoms with E-state index in [1.54, 1.807) is 20.3 Å². The second-order valence-corrected chi connectivity index (χ2v) is 7.39. The van der Waals surface area contributed by atoms with Crippen molar-refractivity contribution in [2.24, 2.45) is 0 Å². The first-order chi connectivity index (χ1) is 14.7. The Hall–Kier alpha value is -3.19. The second kappa shape index (κ2) is 9.09. The van der Waals surface area contributed by atoms with Crippen LogP contribution in [0, 0.1) is 0 Å². The lowest BCUT2D eigenvalue weighted by atomic mass is 10.1. The number of nitrogens with zero attached hydrogens (tertiary/aromatic N) is 1. The fourth-order valence-corrected chi connectivity index (χ4v) is 3.79. The molecule has 7 heteroatoms. The van der Waals surface area contributed by atoms with Gasteiger partial charge in [0.25, 0.3) is 0 Å².